The Bertz CT molecular complexity index is 1540. The van der Waals surface area contributed by atoms with E-state index < -0.39 is 22.1 Å². The van der Waals surface area contributed by atoms with Gasteiger partial charge < -0.3 is 14.7 Å². The van der Waals surface area contributed by atoms with Crippen molar-refractivity contribution in [3.8, 4) is 11.6 Å². The van der Waals surface area contributed by atoms with E-state index in [1.165, 1.54) is 38.0 Å². The highest BCUT2D eigenvalue weighted by molar-refractivity contribution is 7.98. The summed E-state index contributed by atoms with van der Waals surface area (Å²) in [6.45, 7) is 0.450. The van der Waals surface area contributed by atoms with Crippen molar-refractivity contribution < 1.29 is 14.8 Å². The van der Waals surface area contributed by atoms with Crippen LogP contribution in [-0.2, 0) is 19.8 Å². The summed E-state index contributed by atoms with van der Waals surface area (Å²) < 4.78 is 7.76. The van der Waals surface area contributed by atoms with Gasteiger partial charge in [0.1, 0.15) is 5.56 Å². The van der Waals surface area contributed by atoms with Gasteiger partial charge in [-0.2, -0.15) is 11.8 Å². The number of hydrogen-bond donors (Lipinski definition) is 1. The molecule has 0 saturated carbocycles. The van der Waals surface area contributed by atoms with Crippen LogP contribution in [0.2, 0.25) is 5.02 Å². The van der Waals surface area contributed by atoms with Crippen LogP contribution in [0.3, 0.4) is 0 Å². The highest BCUT2D eigenvalue weighted by Crippen LogP contribution is 2.40. The van der Waals surface area contributed by atoms with Gasteiger partial charge in [0.2, 0.25) is 11.8 Å². The van der Waals surface area contributed by atoms with Crippen molar-refractivity contribution in [1.29, 1.82) is 0 Å². The Labute approximate surface area is 214 Å². The smallest absolute Gasteiger partial charge is 0.333 e. The van der Waals surface area contributed by atoms with E-state index in [-0.39, 0.29) is 17.1 Å². The summed E-state index contributed by atoms with van der Waals surface area (Å²) in [4.78, 5) is 37.2. The Morgan fingerprint density at radius 3 is 2.69 bits per heavy atom. The zero-order chi connectivity index (χ0) is 26.0. The molecule has 0 spiro atoms. The SMILES string of the molecule is Cn1c(O)c(C=C=C2Oc3ccc(Cl)cc3N2CCSCc2ccccc2[N+](=O)[O-])c(=O)n(C)c1=O. The van der Waals surface area contributed by atoms with E-state index in [4.69, 9.17) is 16.3 Å². The second kappa shape index (κ2) is 10.4. The number of aromatic hydroxyl groups is 1. The lowest BCUT2D eigenvalue weighted by molar-refractivity contribution is -0.385. The molecule has 2 aromatic carbocycles. The van der Waals surface area contributed by atoms with Gasteiger partial charge in [0.15, 0.2) is 5.75 Å². The summed E-state index contributed by atoms with van der Waals surface area (Å²) >= 11 is 7.70. The lowest BCUT2D eigenvalue weighted by atomic mass is 10.2. The topological polar surface area (TPSA) is 120 Å². The molecule has 2 heterocycles. The monoisotopic (exact) mass is 528 g/mol. The first-order valence-corrected chi connectivity index (χ1v) is 12.2. The molecule has 10 nitrogen and oxygen atoms in total. The van der Waals surface area contributed by atoms with Crippen LogP contribution < -0.4 is 20.9 Å². The molecule has 0 aliphatic carbocycles. The third kappa shape index (κ3) is 4.90. The van der Waals surface area contributed by atoms with Crippen molar-refractivity contribution in [2.45, 2.75) is 5.75 Å². The highest BCUT2D eigenvalue weighted by Gasteiger charge is 2.26. The van der Waals surface area contributed by atoms with Crippen LogP contribution in [0, 0.1) is 10.1 Å². The maximum absolute atomic E-state index is 12.5. The molecule has 0 atom stereocenters. The second-order valence-corrected chi connectivity index (χ2v) is 9.38. The Morgan fingerprint density at radius 2 is 1.94 bits per heavy atom. The quantitative estimate of drug-likeness (QED) is 0.214. The Hall–Kier alpha value is -3.92. The minimum atomic E-state index is -0.672. The minimum Gasteiger partial charge on any atom is -0.494 e. The normalized spacial score (nSPS) is 12.2. The molecule has 0 unspecified atom stereocenters. The van der Waals surface area contributed by atoms with E-state index in [0.29, 0.717) is 40.1 Å². The van der Waals surface area contributed by atoms with Crippen molar-refractivity contribution in [3.05, 3.63) is 101 Å². The lowest BCUT2D eigenvalue weighted by Gasteiger charge is -2.17. The molecule has 0 amide bonds. The molecule has 0 saturated heterocycles. The second-order valence-electron chi connectivity index (χ2n) is 7.84. The van der Waals surface area contributed by atoms with E-state index in [1.54, 1.807) is 36.4 Å². The molecule has 12 heteroatoms. The zero-order valence-corrected chi connectivity index (χ0v) is 20.9. The van der Waals surface area contributed by atoms with Crippen molar-refractivity contribution >= 4 is 40.8 Å². The summed E-state index contributed by atoms with van der Waals surface area (Å²) in [5.74, 6) is 1.36. The molecule has 3 aromatic rings. The fourth-order valence-electron chi connectivity index (χ4n) is 3.65. The molecule has 1 aliphatic rings. The molecular weight excluding hydrogens is 508 g/mol. The number of anilines is 1. The molecule has 0 fully saturated rings. The first-order chi connectivity index (χ1) is 17.2. The number of para-hydroxylation sites is 1. The molecule has 186 valence electrons. The average molecular weight is 529 g/mol. The molecule has 1 aromatic heterocycles. The van der Waals surface area contributed by atoms with Crippen LogP contribution in [0.5, 0.6) is 11.6 Å². The third-order valence-corrected chi connectivity index (χ3v) is 6.80. The maximum Gasteiger partial charge on any atom is 0.333 e. The van der Waals surface area contributed by atoms with Gasteiger partial charge in [-0.15, -0.1) is 0 Å². The molecular formula is C24H21ClN4O6S. The fraction of sp³-hybridized carbons (Fsp3) is 0.208. The maximum atomic E-state index is 12.5. The Kier molecular flexibility index (Phi) is 7.25. The van der Waals surface area contributed by atoms with Gasteiger partial charge in [0, 0.05) is 54.9 Å². The first kappa shape index (κ1) is 25.2. The predicted molar refractivity (Wildman–Crippen MR) is 139 cm³/mol. The van der Waals surface area contributed by atoms with Gasteiger partial charge in [-0.3, -0.25) is 24.0 Å². The molecule has 1 N–H and O–H groups in total. The highest BCUT2D eigenvalue weighted by atomic mass is 35.5. The number of benzene rings is 2. The number of nitro benzene ring substituents is 1. The summed E-state index contributed by atoms with van der Waals surface area (Å²) in [6.07, 6.45) is 1.27. The van der Waals surface area contributed by atoms with Gasteiger partial charge in [0.05, 0.1) is 10.6 Å². The van der Waals surface area contributed by atoms with Crippen LogP contribution in [0.15, 0.2) is 63.7 Å². The predicted octanol–water partition coefficient (Wildman–Crippen LogP) is 3.64. The van der Waals surface area contributed by atoms with E-state index in [9.17, 15) is 24.8 Å². The standard InChI is InChI=1S/C24H21ClN4O6S/c1-26-22(30)17(23(31)27(2)24(26)32)8-10-21-28(19-13-16(25)7-9-20(19)35-21)11-12-36-14-15-5-3-4-6-18(15)29(33)34/h3-9,13,30H,11-12,14H2,1-2H3. The number of thioether (sulfide) groups is 1. The van der Waals surface area contributed by atoms with E-state index in [1.807, 2.05) is 4.90 Å². The molecule has 0 radical (unpaired) electrons. The summed E-state index contributed by atoms with van der Waals surface area (Å²) in [5.41, 5.74) is 2.88. The Balaban J connectivity index is 1.61. The number of ether oxygens (including phenoxy) is 1. The Morgan fingerprint density at radius 1 is 1.19 bits per heavy atom. The number of aromatic nitrogens is 2. The van der Waals surface area contributed by atoms with E-state index >= 15 is 0 Å². The number of halogens is 1. The molecule has 36 heavy (non-hydrogen) atoms. The zero-order valence-electron chi connectivity index (χ0n) is 19.3. The van der Waals surface area contributed by atoms with Crippen LogP contribution in [0.25, 0.3) is 6.08 Å². The van der Waals surface area contributed by atoms with Gasteiger partial charge in [-0.1, -0.05) is 35.5 Å². The van der Waals surface area contributed by atoms with Crippen LogP contribution in [0.4, 0.5) is 11.4 Å². The number of rotatable bonds is 7. The number of fused-ring (bicyclic) bond motifs is 1. The van der Waals surface area contributed by atoms with Gasteiger partial charge >= 0.3 is 5.69 Å². The minimum absolute atomic E-state index is 0.0776. The van der Waals surface area contributed by atoms with E-state index in [2.05, 4.69) is 5.73 Å². The van der Waals surface area contributed by atoms with Crippen LogP contribution >= 0.6 is 23.4 Å². The van der Waals surface area contributed by atoms with Crippen LogP contribution in [-0.4, -0.2) is 31.5 Å². The lowest BCUT2D eigenvalue weighted by Crippen LogP contribution is -2.37. The summed E-state index contributed by atoms with van der Waals surface area (Å²) in [5, 5.41) is 22.1. The van der Waals surface area contributed by atoms with Crippen molar-refractivity contribution in [3.63, 3.8) is 0 Å². The van der Waals surface area contributed by atoms with Crippen molar-refractivity contribution in [2.75, 3.05) is 17.2 Å². The van der Waals surface area contributed by atoms with Gasteiger partial charge in [-0.25, -0.2) is 4.79 Å². The fourth-order valence-corrected chi connectivity index (χ4v) is 4.74. The molecule has 4 rings (SSSR count). The number of nitro groups is 1. The average Bonchev–Trinajstić information content (AvgIpc) is 3.20. The van der Waals surface area contributed by atoms with Crippen LogP contribution in [0.1, 0.15) is 11.1 Å². The summed E-state index contributed by atoms with van der Waals surface area (Å²) in [6, 6.07) is 11.7. The van der Waals surface area contributed by atoms with Gasteiger partial charge in [-0.05, 0) is 18.2 Å². The largest absolute Gasteiger partial charge is 0.494 e. The van der Waals surface area contributed by atoms with E-state index in [0.717, 1.165) is 9.13 Å². The third-order valence-electron chi connectivity index (χ3n) is 5.58. The van der Waals surface area contributed by atoms with Crippen molar-refractivity contribution in [1.82, 2.24) is 9.13 Å². The molecule has 0 bridgehead atoms. The summed E-state index contributed by atoms with van der Waals surface area (Å²) in [7, 11) is 2.67. The first-order valence-electron chi connectivity index (χ1n) is 10.7. The van der Waals surface area contributed by atoms with Gasteiger partial charge in [0.25, 0.3) is 11.2 Å². The number of hydrogen-bond acceptors (Lipinski definition) is 8. The number of nitrogens with zero attached hydrogens (tertiary/aromatic N) is 4. The van der Waals surface area contributed by atoms with Crippen molar-refractivity contribution in [2.24, 2.45) is 14.1 Å². The molecule has 1 aliphatic heterocycles.